The summed E-state index contributed by atoms with van der Waals surface area (Å²) in [5, 5.41) is 17.9. The number of aromatic nitrogens is 1. The third-order valence-corrected chi connectivity index (χ3v) is 2.34. The van der Waals surface area contributed by atoms with Crippen LogP contribution in [0.4, 0.5) is 0 Å². The molecular formula is C7H11BrN2O2S. The molecule has 0 aromatic carbocycles. The lowest BCUT2D eigenvalue weighted by Gasteiger charge is -2.10. The number of hydrogen-bond acceptors (Lipinski definition) is 3. The van der Waals surface area contributed by atoms with E-state index in [1.165, 1.54) is 15.9 Å². The molecule has 0 aliphatic heterocycles. The van der Waals surface area contributed by atoms with Gasteiger partial charge in [0.1, 0.15) is 6.04 Å². The third-order valence-electron chi connectivity index (χ3n) is 1.64. The second-order valence-electron chi connectivity index (χ2n) is 2.38. The van der Waals surface area contributed by atoms with Crippen molar-refractivity contribution in [3.05, 3.63) is 16.4 Å². The van der Waals surface area contributed by atoms with Crippen LogP contribution in [-0.4, -0.2) is 15.6 Å². The number of aliphatic carboxylic acids is 1. The molecule has 1 heterocycles. The molecule has 0 radical (unpaired) electrons. The van der Waals surface area contributed by atoms with Crippen LogP contribution in [0.1, 0.15) is 19.4 Å². The third kappa shape index (κ3) is 2.67. The predicted octanol–water partition coefficient (Wildman–Crippen LogP) is 1.64. The monoisotopic (exact) mass is 266 g/mol. The normalized spacial score (nSPS) is 11.8. The Labute approximate surface area is 90.1 Å². The average Bonchev–Trinajstić information content (AvgIpc) is 2.38. The highest BCUT2D eigenvalue weighted by Crippen LogP contribution is 2.09. The standard InChI is InChI=1S/C7H10N2O2S.BrH/c1-2-5(6(10)11)9-3-4-12-7(9)8;/h3-5,8H,2H2,1H3,(H,10,11);1H. The minimum atomic E-state index is -0.880. The number of carboxylic acids is 1. The van der Waals surface area contributed by atoms with Crippen LogP contribution in [0.25, 0.3) is 0 Å². The van der Waals surface area contributed by atoms with E-state index in [9.17, 15) is 4.79 Å². The largest absolute Gasteiger partial charge is 0.480 e. The Kier molecular flexibility index (Phi) is 4.94. The van der Waals surface area contributed by atoms with E-state index in [0.29, 0.717) is 6.42 Å². The van der Waals surface area contributed by atoms with Gasteiger partial charge in [-0.15, -0.1) is 28.3 Å². The SMILES string of the molecule is Br.CCC(C(=O)O)n1ccsc1=N. The first-order chi connectivity index (χ1) is 5.66. The number of nitrogens with zero attached hydrogens (tertiary/aromatic N) is 1. The van der Waals surface area contributed by atoms with Crippen LogP contribution in [0.2, 0.25) is 0 Å². The average molecular weight is 267 g/mol. The van der Waals surface area contributed by atoms with Crippen molar-refractivity contribution in [3.63, 3.8) is 0 Å². The van der Waals surface area contributed by atoms with Gasteiger partial charge in [-0.2, -0.15) is 0 Å². The van der Waals surface area contributed by atoms with Crippen LogP contribution < -0.4 is 4.80 Å². The van der Waals surface area contributed by atoms with Gasteiger partial charge in [-0.05, 0) is 6.42 Å². The molecule has 0 amide bonds. The fourth-order valence-corrected chi connectivity index (χ4v) is 1.66. The maximum Gasteiger partial charge on any atom is 0.326 e. The lowest BCUT2D eigenvalue weighted by atomic mass is 10.2. The van der Waals surface area contributed by atoms with Gasteiger partial charge in [-0.1, -0.05) is 6.92 Å². The van der Waals surface area contributed by atoms with Crippen molar-refractivity contribution in [3.8, 4) is 0 Å². The molecule has 1 aromatic heterocycles. The van der Waals surface area contributed by atoms with Gasteiger partial charge >= 0.3 is 5.97 Å². The Balaban J connectivity index is 0.00000144. The predicted molar refractivity (Wildman–Crippen MR) is 55.4 cm³/mol. The van der Waals surface area contributed by atoms with E-state index in [0.717, 1.165) is 0 Å². The fraction of sp³-hybridized carbons (Fsp3) is 0.429. The molecule has 1 unspecified atom stereocenters. The number of carboxylic acid groups (broad SMARTS) is 1. The second-order valence-corrected chi connectivity index (χ2v) is 3.27. The number of nitrogens with one attached hydrogen (secondary N) is 1. The molecule has 0 aliphatic rings. The van der Waals surface area contributed by atoms with Gasteiger partial charge in [0.2, 0.25) is 0 Å². The molecule has 1 aromatic rings. The minimum absolute atomic E-state index is 0. The zero-order valence-corrected chi connectivity index (χ0v) is 9.59. The Hall–Kier alpha value is -0.620. The summed E-state index contributed by atoms with van der Waals surface area (Å²) >= 11 is 1.23. The maximum absolute atomic E-state index is 10.7. The maximum atomic E-state index is 10.7. The first-order valence-corrected chi connectivity index (χ1v) is 4.47. The van der Waals surface area contributed by atoms with Gasteiger partial charge in [0.15, 0.2) is 4.80 Å². The van der Waals surface area contributed by atoms with Crippen LogP contribution in [0.5, 0.6) is 0 Å². The summed E-state index contributed by atoms with van der Waals surface area (Å²) in [7, 11) is 0. The molecule has 0 fully saturated rings. The van der Waals surface area contributed by atoms with Crippen LogP contribution in [0.15, 0.2) is 11.6 Å². The molecule has 1 rings (SSSR count). The smallest absolute Gasteiger partial charge is 0.326 e. The molecule has 0 bridgehead atoms. The quantitative estimate of drug-likeness (QED) is 0.874. The van der Waals surface area contributed by atoms with Crippen LogP contribution >= 0.6 is 28.3 Å². The second kappa shape index (κ2) is 5.18. The van der Waals surface area contributed by atoms with E-state index >= 15 is 0 Å². The Morgan fingerprint density at radius 3 is 2.77 bits per heavy atom. The van der Waals surface area contributed by atoms with E-state index in [4.69, 9.17) is 10.5 Å². The number of halogens is 1. The number of rotatable bonds is 3. The summed E-state index contributed by atoms with van der Waals surface area (Å²) in [4.78, 5) is 11.0. The van der Waals surface area contributed by atoms with Crippen LogP contribution in [0.3, 0.4) is 0 Å². The zero-order valence-electron chi connectivity index (χ0n) is 7.06. The first-order valence-electron chi connectivity index (χ1n) is 3.59. The van der Waals surface area contributed by atoms with Gasteiger partial charge in [0.05, 0.1) is 0 Å². The van der Waals surface area contributed by atoms with Crippen molar-refractivity contribution >= 4 is 34.3 Å². The fourth-order valence-electron chi connectivity index (χ4n) is 1.02. The van der Waals surface area contributed by atoms with E-state index in [1.54, 1.807) is 18.5 Å². The Morgan fingerprint density at radius 2 is 2.46 bits per heavy atom. The summed E-state index contributed by atoms with van der Waals surface area (Å²) in [6, 6.07) is -0.594. The molecule has 0 spiro atoms. The molecule has 0 saturated heterocycles. The molecule has 1 atom stereocenters. The number of thiazole rings is 1. The van der Waals surface area contributed by atoms with Crippen molar-refractivity contribution in [2.24, 2.45) is 0 Å². The highest BCUT2D eigenvalue weighted by atomic mass is 79.9. The molecule has 0 aliphatic carbocycles. The number of hydrogen-bond donors (Lipinski definition) is 2. The molecular weight excluding hydrogens is 256 g/mol. The topological polar surface area (TPSA) is 66.1 Å². The van der Waals surface area contributed by atoms with Gasteiger partial charge < -0.3 is 9.67 Å². The van der Waals surface area contributed by atoms with Gasteiger partial charge in [0.25, 0.3) is 0 Å². The first kappa shape index (κ1) is 12.4. The lowest BCUT2D eigenvalue weighted by molar-refractivity contribution is -0.141. The summed E-state index contributed by atoms with van der Waals surface area (Å²) in [6.07, 6.45) is 2.14. The van der Waals surface area contributed by atoms with E-state index in [1.807, 2.05) is 0 Å². The van der Waals surface area contributed by atoms with Crippen molar-refractivity contribution in [2.45, 2.75) is 19.4 Å². The molecule has 4 nitrogen and oxygen atoms in total. The molecule has 6 heteroatoms. The molecule has 74 valence electrons. The van der Waals surface area contributed by atoms with Crippen molar-refractivity contribution in [1.29, 1.82) is 5.41 Å². The summed E-state index contributed by atoms with van der Waals surface area (Å²) in [5.74, 6) is -0.880. The van der Waals surface area contributed by atoms with Crippen LogP contribution in [-0.2, 0) is 4.79 Å². The van der Waals surface area contributed by atoms with Crippen molar-refractivity contribution in [1.82, 2.24) is 4.57 Å². The van der Waals surface area contributed by atoms with E-state index in [2.05, 4.69) is 0 Å². The molecule has 0 saturated carbocycles. The number of carbonyl (C=O) groups is 1. The van der Waals surface area contributed by atoms with Crippen LogP contribution in [0, 0.1) is 5.41 Å². The molecule has 13 heavy (non-hydrogen) atoms. The van der Waals surface area contributed by atoms with Crippen molar-refractivity contribution in [2.75, 3.05) is 0 Å². The van der Waals surface area contributed by atoms with Gasteiger partial charge in [0, 0.05) is 11.6 Å². The highest BCUT2D eigenvalue weighted by Gasteiger charge is 2.16. The summed E-state index contributed by atoms with van der Waals surface area (Å²) < 4.78 is 1.47. The Bertz CT molecular complexity index is 333. The van der Waals surface area contributed by atoms with E-state index < -0.39 is 12.0 Å². The van der Waals surface area contributed by atoms with Gasteiger partial charge in [-0.3, -0.25) is 5.41 Å². The van der Waals surface area contributed by atoms with E-state index in [-0.39, 0.29) is 21.8 Å². The van der Waals surface area contributed by atoms with Gasteiger partial charge in [-0.25, -0.2) is 4.79 Å². The highest BCUT2D eigenvalue weighted by molar-refractivity contribution is 8.93. The Morgan fingerprint density at radius 1 is 1.85 bits per heavy atom. The summed E-state index contributed by atoms with van der Waals surface area (Å²) in [6.45, 7) is 1.79. The lowest BCUT2D eigenvalue weighted by Crippen LogP contribution is -2.25. The summed E-state index contributed by atoms with van der Waals surface area (Å²) in [5.41, 5.74) is 0. The zero-order chi connectivity index (χ0) is 9.14. The van der Waals surface area contributed by atoms with Crippen molar-refractivity contribution < 1.29 is 9.90 Å². The minimum Gasteiger partial charge on any atom is -0.480 e. The molecule has 2 N–H and O–H groups in total.